The maximum Gasteiger partial charge on any atom is 0.416 e. The summed E-state index contributed by atoms with van der Waals surface area (Å²) in [5.74, 6) is -0.766. The van der Waals surface area contributed by atoms with Crippen molar-refractivity contribution in [3.8, 4) is 0 Å². The van der Waals surface area contributed by atoms with Crippen LogP contribution in [0.5, 0.6) is 0 Å². The molecule has 0 aliphatic rings. The fourth-order valence-electron chi connectivity index (χ4n) is 2.43. The Balaban J connectivity index is 1.98. The van der Waals surface area contributed by atoms with Crippen LogP contribution in [0.1, 0.15) is 18.9 Å². The Morgan fingerprint density at radius 1 is 1.10 bits per heavy atom. The molecule has 0 aromatic heterocycles. The molecule has 12 heteroatoms. The van der Waals surface area contributed by atoms with Gasteiger partial charge in [-0.2, -0.15) is 13.2 Å². The van der Waals surface area contributed by atoms with Crippen molar-refractivity contribution in [2.75, 3.05) is 22.5 Å². The minimum Gasteiger partial charge on any atom is -0.379 e. The van der Waals surface area contributed by atoms with Crippen molar-refractivity contribution in [1.82, 2.24) is 0 Å². The summed E-state index contributed by atoms with van der Waals surface area (Å²) in [5.41, 5.74) is -1.30. The van der Waals surface area contributed by atoms with Gasteiger partial charge in [-0.3, -0.25) is 19.7 Å². The van der Waals surface area contributed by atoms with Gasteiger partial charge in [0.2, 0.25) is 11.8 Å². The van der Waals surface area contributed by atoms with E-state index in [1.165, 1.54) is 25.1 Å². The maximum absolute atomic E-state index is 12.7. The van der Waals surface area contributed by atoms with Crippen LogP contribution in [0.3, 0.4) is 0 Å². The first-order valence-electron chi connectivity index (χ1n) is 8.44. The average molecular weight is 445 g/mol. The molecule has 0 heterocycles. The van der Waals surface area contributed by atoms with E-state index in [2.05, 4.69) is 16.0 Å². The van der Waals surface area contributed by atoms with Crippen molar-refractivity contribution in [3.05, 3.63) is 57.1 Å². The number of alkyl halides is 3. The Kier molecular flexibility index (Phi) is 7.22. The monoisotopic (exact) mass is 444 g/mol. The molecule has 0 radical (unpaired) electrons. The molecule has 0 saturated heterocycles. The number of nitrogens with one attached hydrogen (secondary N) is 3. The molecule has 0 unspecified atom stereocenters. The number of carbonyl (C=O) groups excluding carboxylic acids is 2. The molecule has 2 amide bonds. The zero-order valence-corrected chi connectivity index (χ0v) is 16.2. The smallest absolute Gasteiger partial charge is 0.379 e. The number of anilines is 3. The van der Waals surface area contributed by atoms with Crippen LogP contribution in [0.15, 0.2) is 36.4 Å². The molecule has 0 saturated carbocycles. The highest BCUT2D eigenvalue weighted by Crippen LogP contribution is 2.35. The molecule has 30 heavy (non-hydrogen) atoms. The van der Waals surface area contributed by atoms with Crippen molar-refractivity contribution in [2.45, 2.75) is 19.5 Å². The molecule has 8 nitrogen and oxygen atoms in total. The van der Waals surface area contributed by atoms with Gasteiger partial charge >= 0.3 is 6.18 Å². The largest absolute Gasteiger partial charge is 0.416 e. The summed E-state index contributed by atoms with van der Waals surface area (Å²) < 4.78 is 38.2. The van der Waals surface area contributed by atoms with Crippen LogP contribution in [0.2, 0.25) is 5.02 Å². The quantitative estimate of drug-likeness (QED) is 0.424. The Morgan fingerprint density at radius 2 is 1.77 bits per heavy atom. The molecule has 2 aromatic carbocycles. The van der Waals surface area contributed by atoms with Gasteiger partial charge in [0.15, 0.2) is 0 Å². The van der Waals surface area contributed by atoms with Gasteiger partial charge in [-0.05, 0) is 30.3 Å². The molecule has 0 aliphatic carbocycles. The second kappa shape index (κ2) is 9.44. The predicted molar refractivity (Wildman–Crippen MR) is 106 cm³/mol. The summed E-state index contributed by atoms with van der Waals surface area (Å²) in [4.78, 5) is 33.2. The third kappa shape index (κ3) is 6.34. The van der Waals surface area contributed by atoms with E-state index in [4.69, 9.17) is 11.6 Å². The number of amides is 2. The summed E-state index contributed by atoms with van der Waals surface area (Å²) >= 11 is 6.05. The van der Waals surface area contributed by atoms with Gasteiger partial charge < -0.3 is 16.0 Å². The maximum atomic E-state index is 12.7. The first-order chi connectivity index (χ1) is 14.0. The Morgan fingerprint density at radius 3 is 2.33 bits per heavy atom. The lowest BCUT2D eigenvalue weighted by molar-refractivity contribution is -0.384. The van der Waals surface area contributed by atoms with E-state index in [1.807, 2.05) is 0 Å². The lowest BCUT2D eigenvalue weighted by Gasteiger charge is -2.11. The van der Waals surface area contributed by atoms with E-state index in [9.17, 15) is 32.9 Å². The normalized spacial score (nSPS) is 11.0. The van der Waals surface area contributed by atoms with Crippen LogP contribution in [-0.2, 0) is 15.8 Å². The first kappa shape index (κ1) is 22.9. The first-order valence-corrected chi connectivity index (χ1v) is 8.81. The number of carbonyl (C=O) groups is 2. The molecule has 0 bridgehead atoms. The highest BCUT2D eigenvalue weighted by atomic mass is 35.5. The van der Waals surface area contributed by atoms with E-state index < -0.39 is 28.3 Å². The summed E-state index contributed by atoms with van der Waals surface area (Å²) in [6.45, 7) is 1.26. The van der Waals surface area contributed by atoms with E-state index in [-0.39, 0.29) is 35.3 Å². The standard InChI is InChI=1S/C18H16ClF3N4O4/c1-10(27)24-12-3-5-14(13(19)9-12)25-17(28)6-7-23-15-4-2-11(18(20,21)22)8-16(15)26(29)30/h2-5,8-9,23H,6-7H2,1H3,(H,24,27)(H,25,28). The van der Waals surface area contributed by atoms with Gasteiger partial charge in [-0.15, -0.1) is 0 Å². The summed E-state index contributed by atoms with van der Waals surface area (Å²) in [6, 6.07) is 6.55. The highest BCUT2D eigenvalue weighted by molar-refractivity contribution is 6.34. The number of benzene rings is 2. The van der Waals surface area contributed by atoms with Crippen LogP contribution in [0, 0.1) is 10.1 Å². The van der Waals surface area contributed by atoms with Gasteiger partial charge in [-0.25, -0.2) is 0 Å². The van der Waals surface area contributed by atoms with E-state index >= 15 is 0 Å². The number of halogens is 4. The molecular formula is C18H16ClF3N4O4. The van der Waals surface area contributed by atoms with Crippen LogP contribution in [-0.4, -0.2) is 23.3 Å². The zero-order chi connectivity index (χ0) is 22.5. The average Bonchev–Trinajstić information content (AvgIpc) is 2.62. The minimum absolute atomic E-state index is 0.0698. The van der Waals surface area contributed by atoms with Crippen LogP contribution in [0.25, 0.3) is 0 Å². The second-order valence-electron chi connectivity index (χ2n) is 6.09. The van der Waals surface area contributed by atoms with Crippen LogP contribution in [0.4, 0.5) is 35.9 Å². The van der Waals surface area contributed by atoms with E-state index in [1.54, 1.807) is 0 Å². The molecule has 0 atom stereocenters. The molecule has 160 valence electrons. The number of nitrogens with zero attached hydrogens (tertiary/aromatic N) is 1. The summed E-state index contributed by atoms with van der Waals surface area (Å²) in [5, 5.41) is 18.9. The van der Waals surface area contributed by atoms with Crippen LogP contribution >= 0.6 is 11.6 Å². The molecule has 2 rings (SSSR count). The second-order valence-corrected chi connectivity index (χ2v) is 6.49. The van der Waals surface area contributed by atoms with Gasteiger partial charge in [0.25, 0.3) is 5.69 Å². The summed E-state index contributed by atoms with van der Waals surface area (Å²) in [7, 11) is 0. The molecule has 2 aromatic rings. The Labute approximate surface area is 173 Å². The number of nitro groups is 1. The van der Waals surface area contributed by atoms with E-state index in [0.717, 1.165) is 6.07 Å². The third-order valence-corrected chi connectivity index (χ3v) is 4.07. The van der Waals surface area contributed by atoms with Crippen molar-refractivity contribution in [3.63, 3.8) is 0 Å². The number of rotatable bonds is 7. The Bertz CT molecular complexity index is 982. The zero-order valence-electron chi connectivity index (χ0n) is 15.5. The van der Waals surface area contributed by atoms with Crippen molar-refractivity contribution >= 4 is 46.2 Å². The fourth-order valence-corrected chi connectivity index (χ4v) is 2.66. The highest BCUT2D eigenvalue weighted by Gasteiger charge is 2.33. The van der Waals surface area contributed by atoms with Crippen molar-refractivity contribution in [1.29, 1.82) is 0 Å². The minimum atomic E-state index is -4.71. The molecule has 3 N–H and O–H groups in total. The topological polar surface area (TPSA) is 113 Å². The Hall–Kier alpha value is -3.34. The molecule has 0 spiro atoms. The van der Waals surface area contributed by atoms with Gasteiger partial charge in [0.1, 0.15) is 5.69 Å². The molecule has 0 aliphatic heterocycles. The number of nitro benzene ring substituents is 1. The van der Waals surface area contributed by atoms with Gasteiger partial charge in [0, 0.05) is 31.6 Å². The summed E-state index contributed by atoms with van der Waals surface area (Å²) in [6.07, 6.45) is -4.85. The lowest BCUT2D eigenvalue weighted by atomic mass is 10.1. The molecule has 0 fully saturated rings. The fraction of sp³-hybridized carbons (Fsp3) is 0.222. The predicted octanol–water partition coefficient (Wildman–Crippen LogP) is 4.67. The van der Waals surface area contributed by atoms with Gasteiger partial charge in [-0.1, -0.05) is 11.6 Å². The van der Waals surface area contributed by atoms with Crippen molar-refractivity contribution in [2.24, 2.45) is 0 Å². The van der Waals surface area contributed by atoms with Crippen molar-refractivity contribution < 1.29 is 27.7 Å². The van der Waals surface area contributed by atoms with Gasteiger partial charge in [0.05, 0.1) is 21.2 Å². The number of hydrogen-bond acceptors (Lipinski definition) is 5. The SMILES string of the molecule is CC(=O)Nc1ccc(NC(=O)CCNc2ccc(C(F)(F)F)cc2[N+](=O)[O-])c(Cl)c1. The third-order valence-electron chi connectivity index (χ3n) is 3.75. The number of hydrogen-bond donors (Lipinski definition) is 3. The lowest BCUT2D eigenvalue weighted by Crippen LogP contribution is -2.17. The van der Waals surface area contributed by atoms with Crippen LogP contribution < -0.4 is 16.0 Å². The molecular weight excluding hydrogens is 429 g/mol. The van der Waals surface area contributed by atoms with E-state index in [0.29, 0.717) is 17.8 Å².